The van der Waals surface area contributed by atoms with Gasteiger partial charge in [-0.3, -0.25) is 9.59 Å². The van der Waals surface area contributed by atoms with Crippen LogP contribution in [-0.2, 0) is 9.59 Å². The highest BCUT2D eigenvalue weighted by Crippen LogP contribution is 2.33. The summed E-state index contributed by atoms with van der Waals surface area (Å²) in [4.78, 5) is 26.3. The lowest BCUT2D eigenvalue weighted by molar-refractivity contribution is -0.140. The van der Waals surface area contributed by atoms with Gasteiger partial charge in [-0.15, -0.1) is 0 Å². The topological polar surface area (TPSA) is 49.4 Å². The first kappa shape index (κ1) is 14.4. The van der Waals surface area contributed by atoms with Crippen molar-refractivity contribution in [3.8, 4) is 0 Å². The Morgan fingerprint density at radius 2 is 1.84 bits per heavy atom. The molecule has 0 aromatic rings. The Morgan fingerprint density at radius 3 is 2.47 bits per heavy atom. The van der Waals surface area contributed by atoms with Gasteiger partial charge in [-0.05, 0) is 44.9 Å². The third-order valence-electron chi connectivity index (χ3n) is 4.84. The van der Waals surface area contributed by atoms with Gasteiger partial charge in [0.2, 0.25) is 11.8 Å². The molecule has 3 atom stereocenters. The number of rotatable bonds is 1. The Kier molecular flexibility index (Phi) is 3.88. The monoisotopic (exact) mass is 266 g/mol. The van der Waals surface area contributed by atoms with Crippen molar-refractivity contribution in [3.63, 3.8) is 0 Å². The normalized spacial score (nSPS) is 35.8. The summed E-state index contributed by atoms with van der Waals surface area (Å²) in [5.41, 5.74) is -0.764. The van der Waals surface area contributed by atoms with Gasteiger partial charge in [0.05, 0.1) is 0 Å². The van der Waals surface area contributed by atoms with Crippen molar-refractivity contribution in [2.45, 2.75) is 65.0 Å². The number of hydrogen-bond donors (Lipinski definition) is 1. The molecule has 2 amide bonds. The highest BCUT2D eigenvalue weighted by molar-refractivity contribution is 5.93. The van der Waals surface area contributed by atoms with Gasteiger partial charge in [0.15, 0.2) is 0 Å². The van der Waals surface area contributed by atoms with Crippen LogP contribution >= 0.6 is 0 Å². The minimum absolute atomic E-state index is 0.0157. The SMILES string of the molecule is CC1CCC(N2CCC(=O)NC(C)(C)C2=O)CC1C. The third-order valence-corrected chi connectivity index (χ3v) is 4.84. The van der Waals surface area contributed by atoms with Crippen LogP contribution in [-0.4, -0.2) is 34.8 Å². The van der Waals surface area contributed by atoms with Gasteiger partial charge in [0.1, 0.15) is 5.54 Å². The molecule has 4 nitrogen and oxygen atoms in total. The van der Waals surface area contributed by atoms with Crippen LogP contribution in [0.2, 0.25) is 0 Å². The van der Waals surface area contributed by atoms with Crippen LogP contribution in [0, 0.1) is 11.8 Å². The second-order valence-corrected chi connectivity index (χ2v) is 6.84. The predicted octanol–water partition coefficient (Wildman–Crippen LogP) is 1.94. The van der Waals surface area contributed by atoms with E-state index in [4.69, 9.17) is 0 Å². The fraction of sp³-hybridized carbons (Fsp3) is 0.867. The summed E-state index contributed by atoms with van der Waals surface area (Å²) in [5.74, 6) is 1.45. The number of nitrogens with zero attached hydrogens (tertiary/aromatic N) is 1. The molecule has 1 heterocycles. The fourth-order valence-corrected chi connectivity index (χ4v) is 3.30. The summed E-state index contributed by atoms with van der Waals surface area (Å²) >= 11 is 0. The smallest absolute Gasteiger partial charge is 0.248 e. The molecule has 1 saturated heterocycles. The van der Waals surface area contributed by atoms with Crippen molar-refractivity contribution in [2.75, 3.05) is 6.54 Å². The van der Waals surface area contributed by atoms with Crippen molar-refractivity contribution in [1.82, 2.24) is 10.2 Å². The molecule has 2 aliphatic rings. The molecule has 0 bridgehead atoms. The number of carbonyl (C=O) groups is 2. The van der Waals surface area contributed by atoms with Gasteiger partial charge < -0.3 is 10.2 Å². The van der Waals surface area contributed by atoms with E-state index in [-0.39, 0.29) is 11.8 Å². The molecule has 108 valence electrons. The molecule has 1 aliphatic heterocycles. The zero-order valence-electron chi connectivity index (χ0n) is 12.5. The molecule has 19 heavy (non-hydrogen) atoms. The van der Waals surface area contributed by atoms with Crippen molar-refractivity contribution < 1.29 is 9.59 Å². The van der Waals surface area contributed by atoms with E-state index < -0.39 is 5.54 Å². The summed E-state index contributed by atoms with van der Waals surface area (Å²) in [6, 6.07) is 0.311. The second-order valence-electron chi connectivity index (χ2n) is 6.84. The van der Waals surface area contributed by atoms with Gasteiger partial charge >= 0.3 is 0 Å². The molecule has 0 aromatic carbocycles. The van der Waals surface area contributed by atoms with E-state index >= 15 is 0 Å². The average Bonchev–Trinajstić information content (AvgIpc) is 2.41. The molecule has 4 heteroatoms. The summed E-state index contributed by atoms with van der Waals surface area (Å²) in [5, 5.41) is 2.83. The molecule has 1 N–H and O–H groups in total. The van der Waals surface area contributed by atoms with Crippen molar-refractivity contribution in [2.24, 2.45) is 11.8 Å². The zero-order chi connectivity index (χ0) is 14.2. The quantitative estimate of drug-likeness (QED) is 0.788. The Morgan fingerprint density at radius 1 is 1.16 bits per heavy atom. The molecule has 1 aliphatic carbocycles. The minimum Gasteiger partial charge on any atom is -0.342 e. The number of hydrogen-bond acceptors (Lipinski definition) is 2. The number of nitrogens with one attached hydrogen (secondary N) is 1. The lowest BCUT2D eigenvalue weighted by Crippen LogP contribution is -2.55. The molecule has 0 spiro atoms. The molecule has 2 fully saturated rings. The maximum atomic E-state index is 12.6. The van der Waals surface area contributed by atoms with Crippen LogP contribution in [0.5, 0.6) is 0 Å². The molecule has 3 unspecified atom stereocenters. The standard InChI is InChI=1S/C15H26N2O2/c1-10-5-6-12(9-11(10)2)17-8-7-13(18)16-15(3,4)14(17)19/h10-12H,5-9H2,1-4H3,(H,16,18). The van der Waals surface area contributed by atoms with Gasteiger partial charge in [-0.2, -0.15) is 0 Å². The Balaban J connectivity index is 2.14. The van der Waals surface area contributed by atoms with Crippen LogP contribution in [0.4, 0.5) is 0 Å². The summed E-state index contributed by atoms with van der Waals surface area (Å²) < 4.78 is 0. The van der Waals surface area contributed by atoms with Crippen molar-refractivity contribution in [3.05, 3.63) is 0 Å². The zero-order valence-corrected chi connectivity index (χ0v) is 12.5. The van der Waals surface area contributed by atoms with Gasteiger partial charge in [-0.1, -0.05) is 13.8 Å². The Labute approximate surface area is 115 Å². The highest BCUT2D eigenvalue weighted by Gasteiger charge is 2.40. The average molecular weight is 266 g/mol. The van der Waals surface area contributed by atoms with Gasteiger partial charge in [0.25, 0.3) is 0 Å². The molecule has 0 radical (unpaired) electrons. The maximum Gasteiger partial charge on any atom is 0.248 e. The molecular weight excluding hydrogens is 240 g/mol. The van der Waals surface area contributed by atoms with Gasteiger partial charge in [-0.25, -0.2) is 0 Å². The van der Waals surface area contributed by atoms with E-state index in [0.717, 1.165) is 18.8 Å². The highest BCUT2D eigenvalue weighted by atomic mass is 16.2. The van der Waals surface area contributed by atoms with E-state index in [0.29, 0.717) is 24.9 Å². The van der Waals surface area contributed by atoms with E-state index in [9.17, 15) is 9.59 Å². The second kappa shape index (κ2) is 5.14. The first-order chi connectivity index (χ1) is 8.81. The number of carbonyl (C=O) groups excluding carboxylic acids is 2. The van der Waals surface area contributed by atoms with Crippen LogP contribution in [0.3, 0.4) is 0 Å². The van der Waals surface area contributed by atoms with Crippen molar-refractivity contribution in [1.29, 1.82) is 0 Å². The Bertz CT molecular complexity index is 378. The molecule has 2 rings (SSSR count). The lowest BCUT2D eigenvalue weighted by Gasteiger charge is -2.40. The van der Waals surface area contributed by atoms with Crippen LogP contribution in [0.25, 0.3) is 0 Å². The summed E-state index contributed by atoms with van der Waals surface area (Å²) in [7, 11) is 0. The predicted molar refractivity (Wildman–Crippen MR) is 74.5 cm³/mol. The minimum atomic E-state index is -0.764. The Hall–Kier alpha value is -1.06. The number of amides is 2. The first-order valence-corrected chi connectivity index (χ1v) is 7.43. The summed E-state index contributed by atoms with van der Waals surface area (Å²) in [6.45, 7) is 8.74. The van der Waals surface area contributed by atoms with E-state index in [1.807, 2.05) is 4.90 Å². The summed E-state index contributed by atoms with van der Waals surface area (Å²) in [6.07, 6.45) is 3.74. The van der Waals surface area contributed by atoms with Crippen molar-refractivity contribution >= 4 is 11.8 Å². The third kappa shape index (κ3) is 2.93. The first-order valence-electron chi connectivity index (χ1n) is 7.43. The molecule has 0 aromatic heterocycles. The molecular formula is C15H26N2O2. The van der Waals surface area contributed by atoms with E-state index in [1.165, 1.54) is 6.42 Å². The molecule has 1 saturated carbocycles. The largest absolute Gasteiger partial charge is 0.342 e. The lowest BCUT2D eigenvalue weighted by atomic mass is 9.78. The van der Waals surface area contributed by atoms with Crippen LogP contribution in [0.15, 0.2) is 0 Å². The van der Waals surface area contributed by atoms with E-state index in [1.54, 1.807) is 13.8 Å². The maximum absolute atomic E-state index is 12.6. The van der Waals surface area contributed by atoms with Crippen LogP contribution in [0.1, 0.15) is 53.4 Å². The fourth-order valence-electron chi connectivity index (χ4n) is 3.30. The van der Waals surface area contributed by atoms with E-state index in [2.05, 4.69) is 19.2 Å². The van der Waals surface area contributed by atoms with Crippen LogP contribution < -0.4 is 5.32 Å². The van der Waals surface area contributed by atoms with Gasteiger partial charge in [0, 0.05) is 19.0 Å².